The molecule has 0 fully saturated rings. The standard InChI is InChI=1S/C22H27N3O3/c1-15(2)11-20(22(26)27)23-12-17-6-8-19(9-7-17)28-14-18-13-25-10-4-5-16(3)21(25)24-18/h4-10,13,15,20,23H,11-12,14H2,1-3H3,(H,26,27)/t20-/m1/s1. The number of pyridine rings is 1. The van der Waals surface area contributed by atoms with Gasteiger partial charge < -0.3 is 19.6 Å². The minimum absolute atomic E-state index is 0.327. The number of rotatable bonds is 9. The largest absolute Gasteiger partial charge is 0.487 e. The maximum absolute atomic E-state index is 11.3. The van der Waals surface area contributed by atoms with Gasteiger partial charge in [0.1, 0.15) is 24.0 Å². The SMILES string of the molecule is Cc1cccn2cc(COc3ccc(CN[C@H](CC(C)C)C(=O)O)cc3)nc12. The molecule has 2 aromatic heterocycles. The maximum atomic E-state index is 11.3. The molecular formula is C22H27N3O3. The van der Waals surface area contributed by atoms with Crippen molar-refractivity contribution < 1.29 is 14.6 Å². The Bertz CT molecular complexity index is 932. The lowest BCUT2D eigenvalue weighted by Gasteiger charge is -2.16. The van der Waals surface area contributed by atoms with Gasteiger partial charge in [-0.3, -0.25) is 4.79 Å². The first kappa shape index (κ1) is 19.9. The molecule has 2 N–H and O–H groups in total. The third kappa shape index (κ3) is 5.10. The van der Waals surface area contributed by atoms with Crippen molar-refractivity contribution in [2.75, 3.05) is 0 Å². The van der Waals surface area contributed by atoms with Gasteiger partial charge in [0.25, 0.3) is 0 Å². The Hall–Kier alpha value is -2.86. The molecule has 2 heterocycles. The Morgan fingerprint density at radius 2 is 2.00 bits per heavy atom. The van der Waals surface area contributed by atoms with Crippen LogP contribution in [0.15, 0.2) is 48.8 Å². The zero-order chi connectivity index (χ0) is 20.1. The van der Waals surface area contributed by atoms with Crippen molar-refractivity contribution in [3.05, 3.63) is 65.6 Å². The molecule has 1 atom stereocenters. The highest BCUT2D eigenvalue weighted by atomic mass is 16.5. The third-order valence-corrected chi connectivity index (χ3v) is 4.60. The van der Waals surface area contributed by atoms with Crippen LogP contribution < -0.4 is 10.1 Å². The lowest BCUT2D eigenvalue weighted by molar-refractivity contribution is -0.140. The fraction of sp³-hybridized carbons (Fsp3) is 0.364. The monoisotopic (exact) mass is 381 g/mol. The molecule has 28 heavy (non-hydrogen) atoms. The van der Waals surface area contributed by atoms with Crippen LogP contribution >= 0.6 is 0 Å². The summed E-state index contributed by atoms with van der Waals surface area (Å²) in [5.74, 6) is 0.276. The number of nitrogens with zero attached hydrogens (tertiary/aromatic N) is 2. The minimum atomic E-state index is -0.809. The predicted molar refractivity (Wildman–Crippen MR) is 108 cm³/mol. The summed E-state index contributed by atoms with van der Waals surface area (Å²) in [7, 11) is 0. The molecule has 6 nitrogen and oxygen atoms in total. The highest BCUT2D eigenvalue weighted by Gasteiger charge is 2.17. The van der Waals surface area contributed by atoms with Crippen LogP contribution in [0.5, 0.6) is 5.75 Å². The molecule has 0 aliphatic carbocycles. The first-order chi connectivity index (χ1) is 13.4. The van der Waals surface area contributed by atoms with Gasteiger partial charge in [-0.25, -0.2) is 4.98 Å². The number of imidazole rings is 1. The topological polar surface area (TPSA) is 75.9 Å². The number of carboxylic acids is 1. The lowest BCUT2D eigenvalue weighted by atomic mass is 10.0. The van der Waals surface area contributed by atoms with Gasteiger partial charge >= 0.3 is 5.97 Å². The van der Waals surface area contributed by atoms with Gasteiger partial charge in [-0.15, -0.1) is 0 Å². The molecule has 0 saturated heterocycles. The number of aryl methyl sites for hydroxylation is 1. The van der Waals surface area contributed by atoms with Crippen molar-refractivity contribution in [1.82, 2.24) is 14.7 Å². The van der Waals surface area contributed by atoms with Crippen LogP contribution in [0.4, 0.5) is 0 Å². The summed E-state index contributed by atoms with van der Waals surface area (Å²) < 4.78 is 7.84. The molecule has 0 amide bonds. The number of benzene rings is 1. The first-order valence-corrected chi connectivity index (χ1v) is 9.53. The molecular weight excluding hydrogens is 354 g/mol. The van der Waals surface area contributed by atoms with Crippen molar-refractivity contribution in [3.63, 3.8) is 0 Å². The van der Waals surface area contributed by atoms with Gasteiger partial charge in [0.05, 0.1) is 5.69 Å². The average molecular weight is 381 g/mol. The number of carbonyl (C=O) groups is 1. The van der Waals surface area contributed by atoms with Crippen molar-refractivity contribution in [3.8, 4) is 5.75 Å². The van der Waals surface area contributed by atoms with Gasteiger partial charge in [0.2, 0.25) is 0 Å². The Kier molecular flexibility index (Phi) is 6.31. The van der Waals surface area contributed by atoms with Crippen LogP contribution in [-0.4, -0.2) is 26.5 Å². The molecule has 0 aliphatic rings. The molecule has 3 rings (SSSR count). The summed E-state index contributed by atoms with van der Waals surface area (Å²) in [4.78, 5) is 15.9. The number of fused-ring (bicyclic) bond motifs is 1. The summed E-state index contributed by atoms with van der Waals surface area (Å²) in [5, 5.41) is 12.4. The van der Waals surface area contributed by atoms with Gasteiger partial charge in [0.15, 0.2) is 0 Å². The summed E-state index contributed by atoms with van der Waals surface area (Å²) in [6.07, 6.45) is 4.56. The van der Waals surface area contributed by atoms with E-state index >= 15 is 0 Å². The van der Waals surface area contributed by atoms with E-state index in [1.165, 1.54) is 0 Å². The van der Waals surface area contributed by atoms with Crippen LogP contribution in [0.2, 0.25) is 0 Å². The van der Waals surface area contributed by atoms with Crippen molar-refractivity contribution in [1.29, 1.82) is 0 Å². The van der Waals surface area contributed by atoms with Crippen LogP contribution in [-0.2, 0) is 17.9 Å². The molecule has 0 aliphatic heterocycles. The smallest absolute Gasteiger partial charge is 0.320 e. The van der Waals surface area contributed by atoms with E-state index in [1.54, 1.807) is 0 Å². The highest BCUT2D eigenvalue weighted by molar-refractivity contribution is 5.73. The minimum Gasteiger partial charge on any atom is -0.487 e. The summed E-state index contributed by atoms with van der Waals surface area (Å²) in [6, 6.07) is 11.2. The number of hydrogen-bond donors (Lipinski definition) is 2. The number of aromatic nitrogens is 2. The highest BCUT2D eigenvalue weighted by Crippen LogP contribution is 2.16. The third-order valence-electron chi connectivity index (χ3n) is 4.60. The number of nitrogens with one attached hydrogen (secondary N) is 1. The molecule has 0 spiro atoms. The normalized spacial score (nSPS) is 12.4. The number of hydrogen-bond acceptors (Lipinski definition) is 4. The van der Waals surface area contributed by atoms with Crippen molar-refractivity contribution in [2.45, 2.75) is 46.4 Å². The van der Waals surface area contributed by atoms with E-state index in [1.807, 2.05) is 74.0 Å². The average Bonchev–Trinajstić information content (AvgIpc) is 3.08. The predicted octanol–water partition coefficient (Wildman–Crippen LogP) is 3.81. The van der Waals surface area contributed by atoms with Crippen LogP contribution in [0, 0.1) is 12.8 Å². The lowest BCUT2D eigenvalue weighted by Crippen LogP contribution is -2.37. The Morgan fingerprint density at radius 1 is 1.25 bits per heavy atom. The molecule has 6 heteroatoms. The van der Waals surface area contributed by atoms with Gasteiger partial charge in [-0.05, 0) is 48.6 Å². The van der Waals surface area contributed by atoms with E-state index in [4.69, 9.17) is 4.74 Å². The summed E-state index contributed by atoms with van der Waals surface area (Å²) in [6.45, 7) is 6.99. The van der Waals surface area contributed by atoms with Crippen molar-refractivity contribution >= 4 is 11.6 Å². The van der Waals surface area contributed by atoms with E-state index in [2.05, 4.69) is 10.3 Å². The fourth-order valence-corrected chi connectivity index (χ4v) is 3.12. The Morgan fingerprint density at radius 3 is 2.64 bits per heavy atom. The second-order valence-electron chi connectivity index (χ2n) is 7.49. The molecule has 0 radical (unpaired) electrons. The Balaban J connectivity index is 1.55. The number of aliphatic carboxylic acids is 1. The van der Waals surface area contributed by atoms with E-state index in [0.717, 1.165) is 28.2 Å². The van der Waals surface area contributed by atoms with Crippen LogP contribution in [0.3, 0.4) is 0 Å². The van der Waals surface area contributed by atoms with Crippen molar-refractivity contribution in [2.24, 2.45) is 5.92 Å². The second-order valence-corrected chi connectivity index (χ2v) is 7.49. The summed E-state index contributed by atoms with van der Waals surface area (Å²) in [5.41, 5.74) is 3.96. The molecule has 148 valence electrons. The number of ether oxygens (including phenoxy) is 1. The van der Waals surface area contributed by atoms with Crippen LogP contribution in [0.1, 0.15) is 37.1 Å². The van der Waals surface area contributed by atoms with Gasteiger partial charge in [-0.1, -0.05) is 32.0 Å². The first-order valence-electron chi connectivity index (χ1n) is 9.53. The quantitative estimate of drug-likeness (QED) is 0.589. The molecule has 0 saturated carbocycles. The van der Waals surface area contributed by atoms with E-state index in [-0.39, 0.29) is 0 Å². The van der Waals surface area contributed by atoms with Gasteiger partial charge in [0, 0.05) is 18.9 Å². The van der Waals surface area contributed by atoms with E-state index in [0.29, 0.717) is 25.5 Å². The maximum Gasteiger partial charge on any atom is 0.320 e. The zero-order valence-electron chi connectivity index (χ0n) is 16.6. The van der Waals surface area contributed by atoms with E-state index < -0.39 is 12.0 Å². The zero-order valence-corrected chi connectivity index (χ0v) is 16.6. The molecule has 0 unspecified atom stereocenters. The van der Waals surface area contributed by atoms with Gasteiger partial charge in [-0.2, -0.15) is 0 Å². The molecule has 1 aromatic carbocycles. The Labute approximate surface area is 165 Å². The molecule has 0 bridgehead atoms. The molecule has 3 aromatic rings. The summed E-state index contributed by atoms with van der Waals surface area (Å²) >= 11 is 0. The fourth-order valence-electron chi connectivity index (χ4n) is 3.12. The van der Waals surface area contributed by atoms with Crippen LogP contribution in [0.25, 0.3) is 5.65 Å². The second kappa shape index (κ2) is 8.89. The van der Waals surface area contributed by atoms with E-state index in [9.17, 15) is 9.90 Å². The number of carboxylic acid groups (broad SMARTS) is 1.